The van der Waals surface area contributed by atoms with Crippen molar-refractivity contribution in [2.24, 2.45) is 5.92 Å². The first-order valence-corrected chi connectivity index (χ1v) is 10.8. The van der Waals surface area contributed by atoms with Gasteiger partial charge in [-0.15, -0.1) is 11.3 Å². The smallest absolute Gasteiger partial charge is 0.262 e. The Morgan fingerprint density at radius 3 is 2.55 bits per heavy atom. The fourth-order valence-corrected chi connectivity index (χ4v) is 4.15. The lowest BCUT2D eigenvalue weighted by Gasteiger charge is -2.30. The Kier molecular flexibility index (Phi) is 7.04. The number of amides is 3. The van der Waals surface area contributed by atoms with E-state index in [0.29, 0.717) is 24.4 Å². The maximum atomic E-state index is 13.2. The molecule has 1 saturated heterocycles. The number of carbonyl (C=O) groups is 3. The van der Waals surface area contributed by atoms with Crippen molar-refractivity contribution in [1.29, 1.82) is 0 Å². The Labute approximate surface area is 175 Å². The molecule has 3 rings (SSSR count). The van der Waals surface area contributed by atoms with Gasteiger partial charge in [-0.1, -0.05) is 50.2 Å². The fourth-order valence-electron chi connectivity index (χ4n) is 3.52. The molecule has 0 unspecified atom stereocenters. The van der Waals surface area contributed by atoms with Crippen molar-refractivity contribution in [3.05, 3.63) is 58.3 Å². The summed E-state index contributed by atoms with van der Waals surface area (Å²) < 4.78 is 0. The van der Waals surface area contributed by atoms with Crippen LogP contribution in [0.15, 0.2) is 47.8 Å². The molecule has 2 N–H and O–H groups in total. The van der Waals surface area contributed by atoms with E-state index < -0.39 is 12.1 Å². The predicted molar refractivity (Wildman–Crippen MR) is 113 cm³/mol. The van der Waals surface area contributed by atoms with Gasteiger partial charge in [0, 0.05) is 13.1 Å². The molecule has 1 aromatic heterocycles. The normalized spacial score (nSPS) is 17.2. The molecule has 0 spiro atoms. The summed E-state index contributed by atoms with van der Waals surface area (Å²) in [6.45, 7) is 4.76. The number of thiophene rings is 1. The van der Waals surface area contributed by atoms with Gasteiger partial charge in [-0.25, -0.2) is 0 Å². The summed E-state index contributed by atoms with van der Waals surface area (Å²) in [5.41, 5.74) is 1.01. The van der Waals surface area contributed by atoms with E-state index in [1.807, 2.05) is 49.6 Å². The van der Waals surface area contributed by atoms with Gasteiger partial charge in [0.15, 0.2) is 0 Å². The van der Waals surface area contributed by atoms with Crippen LogP contribution in [0.4, 0.5) is 0 Å². The summed E-state index contributed by atoms with van der Waals surface area (Å²) in [5, 5.41) is 7.63. The van der Waals surface area contributed by atoms with Gasteiger partial charge in [0.2, 0.25) is 11.8 Å². The third-order valence-electron chi connectivity index (χ3n) is 5.11. The molecule has 0 saturated carbocycles. The van der Waals surface area contributed by atoms with Gasteiger partial charge in [0.05, 0.1) is 4.88 Å². The number of nitrogens with one attached hydrogen (secondary N) is 2. The molecule has 1 aromatic carbocycles. The number of carbonyl (C=O) groups excluding carboxylic acids is 3. The van der Waals surface area contributed by atoms with Crippen LogP contribution in [0.25, 0.3) is 0 Å². The Morgan fingerprint density at radius 1 is 1.14 bits per heavy atom. The van der Waals surface area contributed by atoms with Crippen LogP contribution >= 0.6 is 11.3 Å². The van der Waals surface area contributed by atoms with Crippen LogP contribution in [0.2, 0.25) is 0 Å². The zero-order valence-corrected chi connectivity index (χ0v) is 17.6. The van der Waals surface area contributed by atoms with E-state index >= 15 is 0 Å². The number of nitrogens with zero attached hydrogens (tertiary/aromatic N) is 1. The van der Waals surface area contributed by atoms with Crippen molar-refractivity contribution < 1.29 is 14.4 Å². The number of hydrogen-bond donors (Lipinski definition) is 2. The quantitative estimate of drug-likeness (QED) is 0.733. The van der Waals surface area contributed by atoms with E-state index in [-0.39, 0.29) is 23.6 Å². The van der Waals surface area contributed by atoms with Crippen LogP contribution < -0.4 is 10.6 Å². The number of hydrogen-bond acceptors (Lipinski definition) is 4. The van der Waals surface area contributed by atoms with Crippen molar-refractivity contribution in [2.75, 3.05) is 6.54 Å². The number of benzene rings is 1. The molecule has 3 amide bonds. The molecule has 1 aliphatic heterocycles. The largest absolute Gasteiger partial charge is 0.350 e. The first-order valence-electron chi connectivity index (χ1n) is 9.94. The second-order valence-electron chi connectivity index (χ2n) is 7.57. The van der Waals surface area contributed by atoms with Crippen molar-refractivity contribution in [1.82, 2.24) is 15.5 Å². The molecule has 2 heterocycles. The molecule has 154 valence electrons. The average molecular weight is 414 g/mol. The molecule has 1 fully saturated rings. The molecule has 0 radical (unpaired) electrons. The van der Waals surface area contributed by atoms with Gasteiger partial charge in [-0.05, 0) is 35.8 Å². The minimum absolute atomic E-state index is 0.0833. The maximum absolute atomic E-state index is 13.2. The van der Waals surface area contributed by atoms with E-state index in [2.05, 4.69) is 10.6 Å². The van der Waals surface area contributed by atoms with Crippen molar-refractivity contribution >= 4 is 29.1 Å². The lowest BCUT2D eigenvalue weighted by Crippen LogP contribution is -2.55. The Balaban J connectivity index is 1.65. The van der Waals surface area contributed by atoms with Crippen LogP contribution in [0.3, 0.4) is 0 Å². The zero-order chi connectivity index (χ0) is 20.8. The van der Waals surface area contributed by atoms with Crippen LogP contribution in [0.5, 0.6) is 0 Å². The first kappa shape index (κ1) is 21.0. The van der Waals surface area contributed by atoms with Crippen LogP contribution in [0, 0.1) is 5.92 Å². The first-order chi connectivity index (χ1) is 14.0. The SMILES string of the molecule is CC(C)[C@H](NC(=O)c1cccs1)C(=O)N1CCC[C@H]1C(=O)NCc1ccccc1. The summed E-state index contributed by atoms with van der Waals surface area (Å²) in [7, 11) is 0. The lowest BCUT2D eigenvalue weighted by molar-refractivity contribution is -0.140. The lowest BCUT2D eigenvalue weighted by atomic mass is 10.0. The second kappa shape index (κ2) is 9.69. The molecule has 1 aliphatic rings. The fraction of sp³-hybridized carbons (Fsp3) is 0.409. The van der Waals surface area contributed by atoms with Crippen molar-refractivity contribution in [3.8, 4) is 0 Å². The summed E-state index contributed by atoms with van der Waals surface area (Å²) >= 11 is 1.34. The van der Waals surface area contributed by atoms with E-state index in [4.69, 9.17) is 0 Å². The highest BCUT2D eigenvalue weighted by atomic mass is 32.1. The highest BCUT2D eigenvalue weighted by Gasteiger charge is 2.38. The Hall–Kier alpha value is -2.67. The maximum Gasteiger partial charge on any atom is 0.262 e. The van der Waals surface area contributed by atoms with Crippen LogP contribution in [-0.2, 0) is 16.1 Å². The van der Waals surface area contributed by atoms with Gasteiger partial charge >= 0.3 is 0 Å². The molecular weight excluding hydrogens is 386 g/mol. The summed E-state index contributed by atoms with van der Waals surface area (Å²) in [6.07, 6.45) is 1.41. The molecule has 0 aliphatic carbocycles. The average Bonchev–Trinajstić information content (AvgIpc) is 3.42. The van der Waals surface area contributed by atoms with E-state index in [1.165, 1.54) is 11.3 Å². The Bertz CT molecular complexity index is 836. The topological polar surface area (TPSA) is 78.5 Å². The number of rotatable bonds is 7. The summed E-state index contributed by atoms with van der Waals surface area (Å²) in [4.78, 5) is 40.6. The van der Waals surface area contributed by atoms with Gasteiger partial charge in [0.25, 0.3) is 5.91 Å². The highest BCUT2D eigenvalue weighted by molar-refractivity contribution is 7.12. The Morgan fingerprint density at radius 2 is 1.90 bits per heavy atom. The van der Waals surface area contributed by atoms with Crippen LogP contribution in [-0.4, -0.2) is 41.2 Å². The monoisotopic (exact) mass is 413 g/mol. The molecule has 7 heteroatoms. The third kappa shape index (κ3) is 5.23. The molecule has 0 bridgehead atoms. The zero-order valence-electron chi connectivity index (χ0n) is 16.8. The van der Waals surface area contributed by atoms with E-state index in [9.17, 15) is 14.4 Å². The van der Waals surface area contributed by atoms with E-state index in [1.54, 1.807) is 17.0 Å². The van der Waals surface area contributed by atoms with Gasteiger partial charge in [-0.3, -0.25) is 14.4 Å². The molecule has 29 heavy (non-hydrogen) atoms. The second-order valence-corrected chi connectivity index (χ2v) is 8.51. The molecule has 2 aromatic rings. The van der Waals surface area contributed by atoms with Crippen molar-refractivity contribution in [2.45, 2.75) is 45.3 Å². The van der Waals surface area contributed by atoms with Crippen molar-refractivity contribution in [3.63, 3.8) is 0 Å². The standard InChI is InChI=1S/C22H27N3O3S/c1-15(2)19(24-21(27)18-11-7-13-29-18)22(28)25-12-6-10-17(25)20(26)23-14-16-8-4-3-5-9-16/h3-5,7-9,11,13,15,17,19H,6,10,12,14H2,1-2H3,(H,23,26)(H,24,27)/t17-,19-/m0/s1. The third-order valence-corrected chi connectivity index (χ3v) is 5.98. The minimum atomic E-state index is -0.660. The van der Waals surface area contributed by atoms with Crippen LogP contribution in [0.1, 0.15) is 41.9 Å². The molecule has 2 atom stereocenters. The van der Waals surface area contributed by atoms with E-state index in [0.717, 1.165) is 12.0 Å². The predicted octanol–water partition coefficient (Wildman–Crippen LogP) is 2.81. The van der Waals surface area contributed by atoms with Gasteiger partial charge in [-0.2, -0.15) is 0 Å². The van der Waals surface area contributed by atoms with Gasteiger partial charge in [0.1, 0.15) is 12.1 Å². The molecule has 6 nitrogen and oxygen atoms in total. The summed E-state index contributed by atoms with van der Waals surface area (Å²) in [5.74, 6) is -0.676. The summed E-state index contributed by atoms with van der Waals surface area (Å²) in [6, 6.07) is 12.1. The molecular formula is C22H27N3O3S. The minimum Gasteiger partial charge on any atom is -0.350 e. The highest BCUT2D eigenvalue weighted by Crippen LogP contribution is 2.21. The van der Waals surface area contributed by atoms with Gasteiger partial charge < -0.3 is 15.5 Å². The number of likely N-dealkylation sites (tertiary alicyclic amines) is 1.